The summed E-state index contributed by atoms with van der Waals surface area (Å²) >= 11 is 0. The van der Waals surface area contributed by atoms with Crippen LogP contribution in [-0.4, -0.2) is 35.4 Å². The standard InChI is InChI=1S/C21H27NO5/c1-14(9-16-18(24)10-21(2,3)11-19(16)25)17(12-23)22-20(26)27-13-15-7-5-4-6-8-15/h4-9,14,17,23H,10-13H2,1-3H3,(H,22,26). The van der Waals surface area contributed by atoms with Crippen LogP contribution >= 0.6 is 0 Å². The number of amides is 1. The van der Waals surface area contributed by atoms with E-state index >= 15 is 0 Å². The number of ether oxygens (including phenoxy) is 1. The van der Waals surface area contributed by atoms with Gasteiger partial charge in [0, 0.05) is 12.8 Å². The highest BCUT2D eigenvalue weighted by molar-refractivity contribution is 6.22. The molecule has 146 valence electrons. The van der Waals surface area contributed by atoms with Crippen LogP contribution in [0, 0.1) is 11.3 Å². The van der Waals surface area contributed by atoms with Gasteiger partial charge in [0.05, 0.1) is 18.2 Å². The predicted octanol–water partition coefficient (Wildman–Crippen LogP) is 2.79. The van der Waals surface area contributed by atoms with Crippen LogP contribution in [0.25, 0.3) is 0 Å². The molecule has 1 aromatic rings. The van der Waals surface area contributed by atoms with E-state index in [1.54, 1.807) is 13.0 Å². The molecule has 2 unspecified atom stereocenters. The molecule has 0 radical (unpaired) electrons. The Balaban J connectivity index is 1.96. The van der Waals surface area contributed by atoms with E-state index in [1.807, 2.05) is 44.2 Å². The lowest BCUT2D eigenvalue weighted by atomic mass is 9.73. The molecular formula is C21H27NO5. The first kappa shape index (κ1) is 20.8. The molecular weight excluding hydrogens is 346 g/mol. The Labute approximate surface area is 159 Å². The summed E-state index contributed by atoms with van der Waals surface area (Å²) < 4.78 is 5.15. The number of aliphatic hydroxyl groups is 1. The number of carbonyl (C=O) groups is 3. The van der Waals surface area contributed by atoms with Gasteiger partial charge in [-0.3, -0.25) is 9.59 Å². The van der Waals surface area contributed by atoms with Gasteiger partial charge in [-0.15, -0.1) is 0 Å². The Bertz CT molecular complexity index is 701. The van der Waals surface area contributed by atoms with Crippen molar-refractivity contribution in [3.8, 4) is 0 Å². The lowest BCUT2D eigenvalue weighted by Gasteiger charge is -2.29. The first-order valence-corrected chi connectivity index (χ1v) is 9.08. The van der Waals surface area contributed by atoms with Crippen molar-refractivity contribution in [1.29, 1.82) is 0 Å². The number of carbonyl (C=O) groups excluding carboxylic acids is 3. The van der Waals surface area contributed by atoms with Gasteiger partial charge in [0.15, 0.2) is 11.6 Å². The molecule has 0 spiro atoms. The molecule has 0 saturated heterocycles. The second kappa shape index (κ2) is 8.95. The van der Waals surface area contributed by atoms with Crippen molar-refractivity contribution < 1.29 is 24.2 Å². The normalized spacial score (nSPS) is 18.6. The minimum absolute atomic E-state index is 0.117. The van der Waals surface area contributed by atoms with Crippen LogP contribution in [0.3, 0.4) is 0 Å². The number of allylic oxidation sites excluding steroid dienone is 1. The van der Waals surface area contributed by atoms with Gasteiger partial charge in [-0.05, 0) is 16.9 Å². The second-order valence-electron chi connectivity index (χ2n) is 7.80. The van der Waals surface area contributed by atoms with Crippen LogP contribution in [0.1, 0.15) is 39.2 Å². The van der Waals surface area contributed by atoms with E-state index in [4.69, 9.17) is 4.74 Å². The molecule has 2 N–H and O–H groups in total. The van der Waals surface area contributed by atoms with Crippen molar-refractivity contribution in [2.75, 3.05) is 6.61 Å². The Morgan fingerprint density at radius 1 is 1.22 bits per heavy atom. The highest BCUT2D eigenvalue weighted by atomic mass is 16.5. The maximum absolute atomic E-state index is 12.3. The van der Waals surface area contributed by atoms with Gasteiger partial charge in [0.2, 0.25) is 0 Å². The fourth-order valence-corrected chi connectivity index (χ4v) is 3.10. The average Bonchev–Trinajstić information content (AvgIpc) is 2.61. The topological polar surface area (TPSA) is 92.7 Å². The summed E-state index contributed by atoms with van der Waals surface area (Å²) in [7, 11) is 0. The van der Waals surface area contributed by atoms with Gasteiger partial charge in [-0.25, -0.2) is 4.79 Å². The zero-order valence-electron chi connectivity index (χ0n) is 16.0. The summed E-state index contributed by atoms with van der Waals surface area (Å²) in [5.74, 6) is -0.777. The molecule has 1 fully saturated rings. The summed E-state index contributed by atoms with van der Waals surface area (Å²) in [6.45, 7) is 5.31. The molecule has 27 heavy (non-hydrogen) atoms. The molecule has 1 aromatic carbocycles. The van der Waals surface area contributed by atoms with Gasteiger partial charge in [-0.2, -0.15) is 0 Å². The van der Waals surface area contributed by atoms with Gasteiger partial charge in [0.1, 0.15) is 6.61 Å². The zero-order valence-corrected chi connectivity index (χ0v) is 16.0. The third kappa shape index (κ3) is 6.03. The summed E-state index contributed by atoms with van der Waals surface area (Å²) in [5.41, 5.74) is 0.689. The number of nitrogens with one attached hydrogen (secondary N) is 1. The number of alkyl carbamates (subject to hydrolysis) is 1. The Hall–Kier alpha value is -2.47. The molecule has 0 aromatic heterocycles. The van der Waals surface area contributed by atoms with Crippen molar-refractivity contribution in [2.45, 2.75) is 46.3 Å². The molecule has 1 aliphatic carbocycles. The maximum Gasteiger partial charge on any atom is 0.407 e. The lowest BCUT2D eigenvalue weighted by molar-refractivity contribution is -0.127. The van der Waals surface area contributed by atoms with Crippen molar-refractivity contribution in [1.82, 2.24) is 5.32 Å². The minimum Gasteiger partial charge on any atom is -0.445 e. The second-order valence-corrected chi connectivity index (χ2v) is 7.80. The number of ketones is 2. The smallest absolute Gasteiger partial charge is 0.407 e. The monoisotopic (exact) mass is 373 g/mol. The van der Waals surface area contributed by atoms with Crippen LogP contribution in [0.5, 0.6) is 0 Å². The summed E-state index contributed by atoms with van der Waals surface area (Å²) in [4.78, 5) is 36.6. The highest BCUT2D eigenvalue weighted by Crippen LogP contribution is 2.34. The largest absolute Gasteiger partial charge is 0.445 e. The van der Waals surface area contributed by atoms with Crippen LogP contribution in [0.2, 0.25) is 0 Å². The third-order valence-corrected chi connectivity index (χ3v) is 4.66. The Morgan fingerprint density at radius 2 is 1.81 bits per heavy atom. The van der Waals surface area contributed by atoms with E-state index in [-0.39, 0.29) is 35.8 Å². The van der Waals surface area contributed by atoms with E-state index in [0.29, 0.717) is 12.8 Å². The summed E-state index contributed by atoms with van der Waals surface area (Å²) in [6.07, 6.45) is 1.52. The molecule has 0 heterocycles. The van der Waals surface area contributed by atoms with Crippen molar-refractivity contribution in [3.63, 3.8) is 0 Å². The molecule has 6 nitrogen and oxygen atoms in total. The fourth-order valence-electron chi connectivity index (χ4n) is 3.10. The first-order chi connectivity index (χ1) is 12.7. The number of hydrogen-bond acceptors (Lipinski definition) is 5. The summed E-state index contributed by atoms with van der Waals surface area (Å²) in [5, 5.41) is 12.2. The van der Waals surface area contributed by atoms with Crippen molar-refractivity contribution >= 4 is 17.7 Å². The molecule has 0 aliphatic heterocycles. The van der Waals surface area contributed by atoms with Gasteiger partial charge in [-0.1, -0.05) is 57.2 Å². The van der Waals surface area contributed by atoms with Crippen LogP contribution in [0.4, 0.5) is 4.79 Å². The molecule has 6 heteroatoms. The van der Waals surface area contributed by atoms with E-state index in [1.165, 1.54) is 0 Å². The molecule has 0 bridgehead atoms. The van der Waals surface area contributed by atoms with E-state index in [9.17, 15) is 19.5 Å². The predicted molar refractivity (Wildman–Crippen MR) is 101 cm³/mol. The third-order valence-electron chi connectivity index (χ3n) is 4.66. The molecule has 2 rings (SSSR count). The average molecular weight is 373 g/mol. The number of hydrogen-bond donors (Lipinski definition) is 2. The molecule has 1 amide bonds. The van der Waals surface area contributed by atoms with E-state index < -0.39 is 18.1 Å². The highest BCUT2D eigenvalue weighted by Gasteiger charge is 2.36. The quantitative estimate of drug-likeness (QED) is 0.591. The Kier molecular flexibility index (Phi) is 6.91. The number of rotatable bonds is 6. The van der Waals surface area contributed by atoms with Crippen LogP contribution in [0.15, 0.2) is 42.0 Å². The fraction of sp³-hybridized carbons (Fsp3) is 0.476. The minimum atomic E-state index is -0.661. The van der Waals surface area contributed by atoms with Crippen molar-refractivity contribution in [2.24, 2.45) is 11.3 Å². The number of Topliss-reactive ketones (excluding diaryl/α,β-unsaturated/α-hetero) is 2. The van der Waals surface area contributed by atoms with Crippen molar-refractivity contribution in [3.05, 3.63) is 47.5 Å². The maximum atomic E-state index is 12.3. The first-order valence-electron chi connectivity index (χ1n) is 9.08. The van der Waals surface area contributed by atoms with Crippen LogP contribution in [-0.2, 0) is 20.9 Å². The van der Waals surface area contributed by atoms with Crippen LogP contribution < -0.4 is 5.32 Å². The number of benzene rings is 1. The number of aliphatic hydroxyl groups excluding tert-OH is 1. The lowest BCUT2D eigenvalue weighted by Crippen LogP contribution is -2.42. The molecule has 1 saturated carbocycles. The SMILES string of the molecule is CC(C=C1C(=O)CC(C)(C)CC1=O)C(CO)NC(=O)OCc1ccccc1. The molecule has 1 aliphatic rings. The molecule has 2 atom stereocenters. The zero-order chi connectivity index (χ0) is 20.0. The van der Waals surface area contributed by atoms with E-state index in [2.05, 4.69) is 5.32 Å². The van der Waals surface area contributed by atoms with Gasteiger partial charge >= 0.3 is 6.09 Å². The van der Waals surface area contributed by atoms with Gasteiger partial charge < -0.3 is 15.2 Å². The van der Waals surface area contributed by atoms with E-state index in [0.717, 1.165) is 5.56 Å². The van der Waals surface area contributed by atoms with Gasteiger partial charge in [0.25, 0.3) is 0 Å². The Morgan fingerprint density at radius 3 is 2.37 bits per heavy atom. The summed E-state index contributed by atoms with van der Waals surface area (Å²) in [6, 6.07) is 8.59.